The molecule has 3 aromatic rings. The maximum atomic E-state index is 6.21. The first-order valence-corrected chi connectivity index (χ1v) is 10.5. The summed E-state index contributed by atoms with van der Waals surface area (Å²) in [5.41, 5.74) is 14.0. The summed E-state index contributed by atoms with van der Waals surface area (Å²) < 4.78 is 0. The number of anilines is 2. The van der Waals surface area contributed by atoms with Gasteiger partial charge in [-0.15, -0.1) is 0 Å². The minimum atomic E-state index is 0.574. The van der Waals surface area contributed by atoms with E-state index in [1.54, 1.807) is 0 Å². The van der Waals surface area contributed by atoms with Gasteiger partial charge in [0.25, 0.3) is 0 Å². The molecule has 156 valence electrons. The molecule has 0 unspecified atom stereocenters. The molecule has 0 radical (unpaired) electrons. The Bertz CT molecular complexity index is 990. The van der Waals surface area contributed by atoms with Crippen LogP contribution >= 0.6 is 0 Å². The summed E-state index contributed by atoms with van der Waals surface area (Å²) in [5, 5.41) is 6.60. The van der Waals surface area contributed by atoms with E-state index < -0.39 is 0 Å². The Morgan fingerprint density at radius 2 is 1.70 bits per heavy atom. The van der Waals surface area contributed by atoms with Crippen molar-refractivity contribution in [1.82, 2.24) is 10.3 Å². The van der Waals surface area contributed by atoms with Gasteiger partial charge >= 0.3 is 0 Å². The van der Waals surface area contributed by atoms with Crippen molar-refractivity contribution in [2.45, 2.75) is 26.7 Å². The average Bonchev–Trinajstić information content (AvgIpc) is 2.77. The SMILES string of the molecule is C=C(NCC(C)C)c1ccccc1CCc1cc(-c2ccc(NC)cc2)cnc1N. The molecule has 0 bridgehead atoms. The normalized spacial score (nSPS) is 10.8. The summed E-state index contributed by atoms with van der Waals surface area (Å²) in [6, 6.07) is 18.9. The summed E-state index contributed by atoms with van der Waals surface area (Å²) in [7, 11) is 1.92. The van der Waals surface area contributed by atoms with Gasteiger partial charge in [0.2, 0.25) is 0 Å². The van der Waals surface area contributed by atoms with Crippen LogP contribution in [0.5, 0.6) is 0 Å². The molecule has 0 atom stereocenters. The van der Waals surface area contributed by atoms with Gasteiger partial charge in [0.1, 0.15) is 5.82 Å². The van der Waals surface area contributed by atoms with Gasteiger partial charge in [0, 0.05) is 42.3 Å². The van der Waals surface area contributed by atoms with Crippen LogP contribution in [0.3, 0.4) is 0 Å². The molecular weight excluding hydrogens is 368 g/mol. The molecule has 1 heterocycles. The first kappa shape index (κ1) is 21.4. The Labute approximate surface area is 180 Å². The first-order valence-electron chi connectivity index (χ1n) is 10.5. The molecule has 0 saturated carbocycles. The molecule has 0 fully saturated rings. The second-order valence-corrected chi connectivity index (χ2v) is 8.01. The van der Waals surface area contributed by atoms with Crippen molar-refractivity contribution in [3.8, 4) is 11.1 Å². The molecule has 2 aromatic carbocycles. The number of aromatic nitrogens is 1. The number of benzene rings is 2. The van der Waals surface area contributed by atoms with Crippen molar-refractivity contribution in [3.05, 3.63) is 84.1 Å². The first-order chi connectivity index (χ1) is 14.5. The van der Waals surface area contributed by atoms with E-state index in [0.29, 0.717) is 11.7 Å². The summed E-state index contributed by atoms with van der Waals surface area (Å²) in [5.74, 6) is 1.17. The Hall–Kier alpha value is -3.27. The zero-order valence-electron chi connectivity index (χ0n) is 18.2. The van der Waals surface area contributed by atoms with Crippen LogP contribution < -0.4 is 16.4 Å². The van der Waals surface area contributed by atoms with E-state index in [1.165, 1.54) is 11.1 Å². The second-order valence-electron chi connectivity index (χ2n) is 8.01. The van der Waals surface area contributed by atoms with Crippen LogP contribution in [0.15, 0.2) is 67.4 Å². The number of rotatable bonds is 9. The summed E-state index contributed by atoms with van der Waals surface area (Å²) >= 11 is 0. The van der Waals surface area contributed by atoms with Crippen LogP contribution in [0, 0.1) is 5.92 Å². The largest absolute Gasteiger partial charge is 0.388 e. The Kier molecular flexibility index (Phi) is 7.12. The van der Waals surface area contributed by atoms with Crippen LogP contribution in [0.2, 0.25) is 0 Å². The van der Waals surface area contributed by atoms with Gasteiger partial charge in [-0.25, -0.2) is 4.98 Å². The minimum absolute atomic E-state index is 0.574. The number of hydrogen-bond donors (Lipinski definition) is 3. The van der Waals surface area contributed by atoms with Crippen LogP contribution in [0.25, 0.3) is 16.8 Å². The lowest BCUT2D eigenvalue weighted by atomic mass is 9.97. The highest BCUT2D eigenvalue weighted by molar-refractivity contribution is 5.68. The fraction of sp³-hybridized carbons (Fsp3) is 0.269. The average molecular weight is 401 g/mol. The Balaban J connectivity index is 1.77. The minimum Gasteiger partial charge on any atom is -0.388 e. The van der Waals surface area contributed by atoms with Gasteiger partial charge in [0.05, 0.1) is 0 Å². The highest BCUT2D eigenvalue weighted by Gasteiger charge is 2.09. The molecule has 4 heteroatoms. The van der Waals surface area contributed by atoms with Gasteiger partial charge in [-0.3, -0.25) is 0 Å². The van der Waals surface area contributed by atoms with E-state index in [4.69, 9.17) is 5.73 Å². The molecule has 0 amide bonds. The van der Waals surface area contributed by atoms with Crippen molar-refractivity contribution < 1.29 is 0 Å². The quantitative estimate of drug-likeness (QED) is 0.452. The molecule has 4 nitrogen and oxygen atoms in total. The van der Waals surface area contributed by atoms with Crippen LogP contribution in [0.1, 0.15) is 30.5 Å². The smallest absolute Gasteiger partial charge is 0.126 e. The summed E-state index contributed by atoms with van der Waals surface area (Å²) in [6.07, 6.45) is 3.56. The summed E-state index contributed by atoms with van der Waals surface area (Å²) in [6.45, 7) is 9.55. The van der Waals surface area contributed by atoms with E-state index in [-0.39, 0.29) is 0 Å². The van der Waals surface area contributed by atoms with Crippen molar-refractivity contribution in [3.63, 3.8) is 0 Å². The van der Waals surface area contributed by atoms with Crippen molar-refractivity contribution >= 4 is 17.2 Å². The van der Waals surface area contributed by atoms with Crippen molar-refractivity contribution in [2.24, 2.45) is 5.92 Å². The maximum absolute atomic E-state index is 6.21. The molecule has 0 spiro atoms. The summed E-state index contributed by atoms with van der Waals surface area (Å²) in [4.78, 5) is 4.45. The number of aryl methyl sites for hydroxylation is 2. The Morgan fingerprint density at radius 1 is 1.00 bits per heavy atom. The lowest BCUT2D eigenvalue weighted by molar-refractivity contribution is 0.618. The van der Waals surface area contributed by atoms with Crippen molar-refractivity contribution in [1.29, 1.82) is 0 Å². The monoisotopic (exact) mass is 400 g/mol. The van der Waals surface area contributed by atoms with E-state index in [0.717, 1.165) is 47.5 Å². The molecule has 30 heavy (non-hydrogen) atoms. The fourth-order valence-corrected chi connectivity index (χ4v) is 3.43. The van der Waals surface area contributed by atoms with Gasteiger partial charge in [-0.2, -0.15) is 0 Å². The fourth-order valence-electron chi connectivity index (χ4n) is 3.43. The lowest BCUT2D eigenvalue weighted by Gasteiger charge is -2.16. The number of nitrogens with two attached hydrogens (primary N) is 1. The van der Waals surface area contributed by atoms with Gasteiger partial charge in [0.15, 0.2) is 0 Å². The Morgan fingerprint density at radius 3 is 2.40 bits per heavy atom. The topological polar surface area (TPSA) is 63.0 Å². The third-order valence-electron chi connectivity index (χ3n) is 5.24. The third-order valence-corrected chi connectivity index (χ3v) is 5.24. The van der Waals surface area contributed by atoms with E-state index in [2.05, 4.69) is 90.6 Å². The molecule has 0 aliphatic rings. The predicted octanol–water partition coefficient (Wildman–Crippen LogP) is 5.37. The number of pyridine rings is 1. The zero-order valence-corrected chi connectivity index (χ0v) is 18.2. The molecule has 0 saturated heterocycles. The molecule has 3 rings (SSSR count). The predicted molar refractivity (Wildman–Crippen MR) is 129 cm³/mol. The van der Waals surface area contributed by atoms with Crippen LogP contribution in [-0.4, -0.2) is 18.6 Å². The van der Waals surface area contributed by atoms with E-state index in [9.17, 15) is 0 Å². The number of nitrogen functional groups attached to an aromatic ring is 1. The van der Waals surface area contributed by atoms with Gasteiger partial charge in [-0.1, -0.05) is 56.8 Å². The second kappa shape index (κ2) is 9.97. The highest BCUT2D eigenvalue weighted by Crippen LogP contribution is 2.25. The number of nitrogens with one attached hydrogen (secondary N) is 2. The maximum Gasteiger partial charge on any atom is 0.126 e. The van der Waals surface area contributed by atoms with Gasteiger partial charge in [-0.05, 0) is 53.6 Å². The number of nitrogens with zero attached hydrogens (tertiary/aromatic N) is 1. The van der Waals surface area contributed by atoms with E-state index >= 15 is 0 Å². The molecular formula is C26H32N4. The molecule has 4 N–H and O–H groups in total. The molecule has 0 aliphatic carbocycles. The standard InChI is InChI=1S/C26H32N4/c1-18(2)16-29-19(3)25-8-6-5-7-21(25)9-10-22-15-23(17-30-26(22)27)20-11-13-24(28-4)14-12-20/h5-8,11-15,17-18,28-29H,3,9-10,16H2,1-2,4H3,(H2,27,30). The van der Waals surface area contributed by atoms with Crippen LogP contribution in [0.4, 0.5) is 11.5 Å². The number of hydrogen-bond acceptors (Lipinski definition) is 4. The van der Waals surface area contributed by atoms with E-state index in [1.807, 2.05) is 13.2 Å². The molecule has 0 aliphatic heterocycles. The highest BCUT2D eigenvalue weighted by atomic mass is 14.9. The van der Waals surface area contributed by atoms with Crippen molar-refractivity contribution in [2.75, 3.05) is 24.6 Å². The van der Waals surface area contributed by atoms with Crippen LogP contribution in [-0.2, 0) is 12.8 Å². The third kappa shape index (κ3) is 5.41. The zero-order chi connectivity index (χ0) is 21.5. The lowest BCUT2D eigenvalue weighted by Crippen LogP contribution is -2.18. The molecule has 1 aromatic heterocycles. The van der Waals surface area contributed by atoms with Gasteiger partial charge < -0.3 is 16.4 Å².